The average Bonchev–Trinajstić information content (AvgIpc) is 2.53. The standard InChI is InChI=1S/C18H28N2O2/c1-14-7-4-5-10-17(14)22-12-11-19-18(21)15-8-6-9-16(13-15)20(2)3/h6,8-9,13-14,17H,4-5,7,10-12H2,1-3H3,(H,19,21)/t14-,17+/m0/s1. The van der Waals surface area contributed by atoms with Gasteiger partial charge in [-0.05, 0) is 37.0 Å². The van der Waals surface area contributed by atoms with Crippen LogP contribution >= 0.6 is 0 Å². The molecule has 1 N–H and O–H groups in total. The van der Waals surface area contributed by atoms with Crippen LogP contribution in [0.1, 0.15) is 43.0 Å². The number of carbonyl (C=O) groups excluding carboxylic acids is 1. The number of hydrogen-bond donors (Lipinski definition) is 1. The van der Waals surface area contributed by atoms with Gasteiger partial charge >= 0.3 is 0 Å². The van der Waals surface area contributed by atoms with Crippen molar-refractivity contribution in [2.45, 2.75) is 38.7 Å². The van der Waals surface area contributed by atoms with Crippen molar-refractivity contribution in [2.24, 2.45) is 5.92 Å². The van der Waals surface area contributed by atoms with Gasteiger partial charge in [-0.1, -0.05) is 25.8 Å². The molecule has 0 radical (unpaired) electrons. The van der Waals surface area contributed by atoms with Crippen LogP contribution in [-0.2, 0) is 4.74 Å². The highest BCUT2D eigenvalue weighted by atomic mass is 16.5. The fourth-order valence-corrected chi connectivity index (χ4v) is 2.93. The van der Waals surface area contributed by atoms with E-state index in [1.807, 2.05) is 43.3 Å². The summed E-state index contributed by atoms with van der Waals surface area (Å²) in [7, 11) is 3.94. The molecule has 1 aromatic carbocycles. The van der Waals surface area contributed by atoms with Gasteiger partial charge < -0.3 is 15.0 Å². The van der Waals surface area contributed by atoms with E-state index in [0.29, 0.717) is 30.7 Å². The lowest BCUT2D eigenvalue weighted by molar-refractivity contribution is -0.00293. The molecule has 4 heteroatoms. The molecule has 0 spiro atoms. The van der Waals surface area contributed by atoms with Crippen LogP contribution in [0.15, 0.2) is 24.3 Å². The lowest BCUT2D eigenvalue weighted by atomic mass is 9.88. The Kier molecular flexibility index (Phi) is 6.25. The molecule has 1 aliphatic carbocycles. The Morgan fingerprint density at radius 3 is 2.82 bits per heavy atom. The number of benzene rings is 1. The largest absolute Gasteiger partial charge is 0.378 e. The Hall–Kier alpha value is -1.55. The molecule has 1 aliphatic rings. The SMILES string of the molecule is C[C@H]1CCCC[C@H]1OCCNC(=O)c1cccc(N(C)C)c1. The fraction of sp³-hybridized carbons (Fsp3) is 0.611. The number of hydrogen-bond acceptors (Lipinski definition) is 3. The van der Waals surface area contributed by atoms with Gasteiger partial charge in [0, 0.05) is 31.9 Å². The minimum absolute atomic E-state index is 0.0380. The van der Waals surface area contributed by atoms with E-state index in [2.05, 4.69) is 12.2 Å². The molecule has 1 saturated carbocycles. The molecule has 0 unspecified atom stereocenters. The number of rotatable bonds is 6. The molecule has 4 nitrogen and oxygen atoms in total. The van der Waals surface area contributed by atoms with Gasteiger partial charge in [0.15, 0.2) is 0 Å². The Morgan fingerprint density at radius 1 is 1.32 bits per heavy atom. The molecule has 0 saturated heterocycles. The summed E-state index contributed by atoms with van der Waals surface area (Å²) in [5, 5.41) is 2.94. The predicted molar refractivity (Wildman–Crippen MR) is 90.5 cm³/mol. The van der Waals surface area contributed by atoms with E-state index in [-0.39, 0.29) is 5.91 Å². The molecule has 1 amide bonds. The highest BCUT2D eigenvalue weighted by molar-refractivity contribution is 5.95. The van der Waals surface area contributed by atoms with Crippen LogP contribution in [0, 0.1) is 5.92 Å². The molecular formula is C18H28N2O2. The summed E-state index contributed by atoms with van der Waals surface area (Å²) in [5.41, 5.74) is 1.72. The summed E-state index contributed by atoms with van der Waals surface area (Å²) in [6.45, 7) is 3.41. The maximum atomic E-state index is 12.1. The molecule has 0 aromatic heterocycles. The zero-order valence-corrected chi connectivity index (χ0v) is 14.0. The van der Waals surface area contributed by atoms with Gasteiger partial charge in [0.25, 0.3) is 5.91 Å². The summed E-state index contributed by atoms with van der Waals surface area (Å²) in [4.78, 5) is 14.1. The van der Waals surface area contributed by atoms with E-state index in [4.69, 9.17) is 4.74 Å². The normalized spacial score (nSPS) is 21.4. The minimum Gasteiger partial charge on any atom is -0.378 e. The molecule has 0 heterocycles. The van der Waals surface area contributed by atoms with E-state index < -0.39 is 0 Å². The van der Waals surface area contributed by atoms with E-state index in [0.717, 1.165) is 12.1 Å². The zero-order chi connectivity index (χ0) is 15.9. The Bertz CT molecular complexity index is 488. The van der Waals surface area contributed by atoms with Gasteiger partial charge in [0.05, 0.1) is 12.7 Å². The molecular weight excluding hydrogens is 276 g/mol. The quantitative estimate of drug-likeness (QED) is 0.821. The summed E-state index contributed by atoms with van der Waals surface area (Å²) >= 11 is 0. The highest BCUT2D eigenvalue weighted by Gasteiger charge is 2.21. The molecule has 0 bridgehead atoms. The summed E-state index contributed by atoms with van der Waals surface area (Å²) in [5.74, 6) is 0.602. The van der Waals surface area contributed by atoms with E-state index in [9.17, 15) is 4.79 Å². The van der Waals surface area contributed by atoms with Crippen LogP contribution in [0.3, 0.4) is 0 Å². The van der Waals surface area contributed by atoms with Crippen LogP contribution in [0.4, 0.5) is 5.69 Å². The van der Waals surface area contributed by atoms with Crippen molar-refractivity contribution >= 4 is 11.6 Å². The van der Waals surface area contributed by atoms with Crippen LogP contribution < -0.4 is 10.2 Å². The van der Waals surface area contributed by atoms with Gasteiger partial charge in [-0.3, -0.25) is 4.79 Å². The molecule has 2 rings (SSSR count). The number of amides is 1. The van der Waals surface area contributed by atoms with Gasteiger partial charge in [-0.15, -0.1) is 0 Å². The van der Waals surface area contributed by atoms with Crippen molar-refractivity contribution < 1.29 is 9.53 Å². The first-order valence-corrected chi connectivity index (χ1v) is 8.25. The number of nitrogens with one attached hydrogen (secondary N) is 1. The van der Waals surface area contributed by atoms with Gasteiger partial charge in [-0.2, -0.15) is 0 Å². The van der Waals surface area contributed by atoms with Crippen molar-refractivity contribution in [2.75, 3.05) is 32.1 Å². The minimum atomic E-state index is -0.0380. The smallest absolute Gasteiger partial charge is 0.251 e. The van der Waals surface area contributed by atoms with Gasteiger partial charge in [0.2, 0.25) is 0 Å². The molecule has 1 fully saturated rings. The lowest BCUT2D eigenvalue weighted by Gasteiger charge is -2.28. The molecule has 2 atom stereocenters. The lowest BCUT2D eigenvalue weighted by Crippen LogP contribution is -2.31. The summed E-state index contributed by atoms with van der Waals surface area (Å²) < 4.78 is 5.92. The summed E-state index contributed by atoms with van der Waals surface area (Å²) in [6, 6.07) is 7.64. The third-order valence-corrected chi connectivity index (χ3v) is 4.38. The molecule has 122 valence electrons. The van der Waals surface area contributed by atoms with Crippen LogP contribution in [0.25, 0.3) is 0 Å². The van der Waals surface area contributed by atoms with Crippen molar-refractivity contribution in [1.82, 2.24) is 5.32 Å². The summed E-state index contributed by atoms with van der Waals surface area (Å²) in [6.07, 6.45) is 5.36. The van der Waals surface area contributed by atoms with E-state index in [1.54, 1.807) is 0 Å². The van der Waals surface area contributed by atoms with Crippen LogP contribution in [-0.4, -0.2) is 39.3 Å². The first kappa shape index (κ1) is 16.8. The second-order valence-electron chi connectivity index (χ2n) is 6.37. The maximum Gasteiger partial charge on any atom is 0.251 e. The second-order valence-corrected chi connectivity index (χ2v) is 6.37. The Labute approximate surface area is 133 Å². The first-order valence-electron chi connectivity index (χ1n) is 8.25. The predicted octanol–water partition coefficient (Wildman–Crippen LogP) is 3.08. The third-order valence-electron chi connectivity index (χ3n) is 4.38. The number of nitrogens with zero attached hydrogens (tertiary/aromatic N) is 1. The Morgan fingerprint density at radius 2 is 2.09 bits per heavy atom. The van der Waals surface area contributed by atoms with E-state index in [1.165, 1.54) is 19.3 Å². The van der Waals surface area contributed by atoms with Crippen LogP contribution in [0.2, 0.25) is 0 Å². The van der Waals surface area contributed by atoms with Crippen molar-refractivity contribution in [1.29, 1.82) is 0 Å². The van der Waals surface area contributed by atoms with Crippen LogP contribution in [0.5, 0.6) is 0 Å². The highest BCUT2D eigenvalue weighted by Crippen LogP contribution is 2.25. The van der Waals surface area contributed by atoms with Crippen molar-refractivity contribution in [3.8, 4) is 0 Å². The van der Waals surface area contributed by atoms with Gasteiger partial charge in [-0.25, -0.2) is 0 Å². The molecule has 0 aliphatic heterocycles. The number of anilines is 1. The monoisotopic (exact) mass is 304 g/mol. The third kappa shape index (κ3) is 4.73. The average molecular weight is 304 g/mol. The topological polar surface area (TPSA) is 41.6 Å². The van der Waals surface area contributed by atoms with Crippen molar-refractivity contribution in [3.63, 3.8) is 0 Å². The fourth-order valence-electron chi connectivity index (χ4n) is 2.93. The number of carbonyl (C=O) groups is 1. The first-order chi connectivity index (χ1) is 10.6. The Balaban J connectivity index is 1.74. The zero-order valence-electron chi connectivity index (χ0n) is 14.0. The maximum absolute atomic E-state index is 12.1. The second kappa shape index (κ2) is 8.18. The number of ether oxygens (including phenoxy) is 1. The molecule has 1 aromatic rings. The van der Waals surface area contributed by atoms with Crippen molar-refractivity contribution in [3.05, 3.63) is 29.8 Å². The van der Waals surface area contributed by atoms with E-state index >= 15 is 0 Å². The molecule has 22 heavy (non-hydrogen) atoms. The van der Waals surface area contributed by atoms with Gasteiger partial charge in [0.1, 0.15) is 0 Å².